The molecule has 21 heavy (non-hydrogen) atoms. The number of methoxy groups -OCH3 is 1. The van der Waals surface area contributed by atoms with Crippen LogP contribution in [0.4, 0.5) is 10.5 Å². The van der Waals surface area contributed by atoms with Crippen LogP contribution in [-0.4, -0.2) is 37.2 Å². The lowest BCUT2D eigenvalue weighted by molar-refractivity contribution is 0.123. The van der Waals surface area contributed by atoms with E-state index in [0.29, 0.717) is 29.9 Å². The summed E-state index contributed by atoms with van der Waals surface area (Å²) in [6.45, 7) is 1.16. The molecule has 0 spiro atoms. The Hall–Kier alpha value is -1.26. The fraction of sp³-hybridized carbons (Fsp3) is 0.562. The van der Waals surface area contributed by atoms with Crippen molar-refractivity contribution in [2.75, 3.05) is 25.6 Å². The third-order valence-electron chi connectivity index (χ3n) is 3.93. The Morgan fingerprint density at radius 2 is 2.05 bits per heavy atom. The van der Waals surface area contributed by atoms with Crippen molar-refractivity contribution >= 4 is 23.3 Å². The van der Waals surface area contributed by atoms with Crippen LogP contribution in [0.2, 0.25) is 5.02 Å². The van der Waals surface area contributed by atoms with Crippen LogP contribution in [0, 0.1) is 0 Å². The van der Waals surface area contributed by atoms with Gasteiger partial charge >= 0.3 is 6.03 Å². The number of benzene rings is 1. The standard InChI is InChI=1S/C16H23ClN2O2/c1-21-12-11-19(13-7-3-2-4-8-13)16(20)18-15-10-6-5-9-14(15)17/h5-6,9-10,13H,2-4,7-8,11-12H2,1H3,(H,18,20). The number of hydrogen-bond donors (Lipinski definition) is 1. The SMILES string of the molecule is COCCN(C(=O)Nc1ccccc1Cl)C1CCCCC1. The Morgan fingerprint density at radius 3 is 2.71 bits per heavy atom. The molecule has 1 aromatic rings. The van der Waals surface area contributed by atoms with Gasteiger partial charge in [0.25, 0.3) is 0 Å². The van der Waals surface area contributed by atoms with Crippen molar-refractivity contribution in [3.63, 3.8) is 0 Å². The number of ether oxygens (including phenoxy) is 1. The molecule has 0 saturated heterocycles. The molecule has 2 amide bonds. The van der Waals surface area contributed by atoms with Gasteiger partial charge in [0.05, 0.1) is 17.3 Å². The molecule has 0 atom stereocenters. The predicted molar refractivity (Wildman–Crippen MR) is 85.9 cm³/mol. The first kappa shape index (κ1) is 16.1. The van der Waals surface area contributed by atoms with Crippen molar-refractivity contribution in [2.24, 2.45) is 0 Å². The quantitative estimate of drug-likeness (QED) is 0.887. The number of anilines is 1. The van der Waals surface area contributed by atoms with Gasteiger partial charge in [0, 0.05) is 19.7 Å². The Balaban J connectivity index is 2.04. The van der Waals surface area contributed by atoms with E-state index >= 15 is 0 Å². The van der Waals surface area contributed by atoms with Crippen LogP contribution in [0.15, 0.2) is 24.3 Å². The third kappa shape index (κ3) is 4.61. The third-order valence-corrected chi connectivity index (χ3v) is 4.26. The van der Waals surface area contributed by atoms with Gasteiger partial charge in [-0.1, -0.05) is 43.0 Å². The highest BCUT2D eigenvalue weighted by atomic mass is 35.5. The zero-order valence-corrected chi connectivity index (χ0v) is 13.2. The zero-order chi connectivity index (χ0) is 15.1. The highest BCUT2D eigenvalue weighted by molar-refractivity contribution is 6.33. The summed E-state index contributed by atoms with van der Waals surface area (Å²) in [6, 6.07) is 7.51. The van der Waals surface area contributed by atoms with Crippen LogP contribution in [0.3, 0.4) is 0 Å². The van der Waals surface area contributed by atoms with E-state index in [4.69, 9.17) is 16.3 Å². The topological polar surface area (TPSA) is 41.6 Å². The molecule has 0 heterocycles. The molecule has 0 aromatic heterocycles. The fourth-order valence-electron chi connectivity index (χ4n) is 2.78. The molecule has 1 aromatic carbocycles. The number of hydrogen-bond acceptors (Lipinski definition) is 2. The Labute approximate surface area is 131 Å². The number of carbonyl (C=O) groups excluding carboxylic acids is 1. The summed E-state index contributed by atoms with van der Waals surface area (Å²) in [5.74, 6) is 0. The number of rotatable bonds is 5. The summed E-state index contributed by atoms with van der Waals surface area (Å²) in [5, 5.41) is 3.47. The second-order valence-corrected chi connectivity index (χ2v) is 5.80. The minimum Gasteiger partial charge on any atom is -0.383 e. The van der Waals surface area contributed by atoms with Gasteiger partial charge in [-0.3, -0.25) is 0 Å². The minimum absolute atomic E-state index is 0.0907. The monoisotopic (exact) mass is 310 g/mol. The van der Waals surface area contributed by atoms with Crippen LogP contribution in [0.25, 0.3) is 0 Å². The summed E-state index contributed by atoms with van der Waals surface area (Å²) >= 11 is 6.11. The first-order valence-corrected chi connectivity index (χ1v) is 7.91. The lowest BCUT2D eigenvalue weighted by Gasteiger charge is -2.34. The number of nitrogens with zero attached hydrogens (tertiary/aromatic N) is 1. The number of halogens is 1. The van der Waals surface area contributed by atoms with Gasteiger partial charge in [0.2, 0.25) is 0 Å². The van der Waals surface area contributed by atoms with E-state index in [1.54, 1.807) is 13.2 Å². The molecule has 2 rings (SSSR count). The van der Waals surface area contributed by atoms with Crippen molar-refractivity contribution in [3.8, 4) is 0 Å². The van der Waals surface area contributed by atoms with Crippen LogP contribution < -0.4 is 5.32 Å². The molecule has 1 saturated carbocycles. The highest BCUT2D eigenvalue weighted by Crippen LogP contribution is 2.25. The van der Waals surface area contributed by atoms with Crippen molar-refractivity contribution in [2.45, 2.75) is 38.1 Å². The normalized spacial score (nSPS) is 15.7. The largest absolute Gasteiger partial charge is 0.383 e. The van der Waals surface area contributed by atoms with Gasteiger partial charge in [0.15, 0.2) is 0 Å². The Bertz CT molecular complexity index is 461. The molecule has 5 heteroatoms. The molecule has 1 fully saturated rings. The van der Waals surface area contributed by atoms with E-state index in [1.165, 1.54) is 19.3 Å². The summed E-state index contributed by atoms with van der Waals surface area (Å²) in [7, 11) is 1.66. The molecule has 0 unspecified atom stereocenters. The van der Waals surface area contributed by atoms with Crippen LogP contribution >= 0.6 is 11.6 Å². The van der Waals surface area contributed by atoms with Crippen LogP contribution in [-0.2, 0) is 4.74 Å². The zero-order valence-electron chi connectivity index (χ0n) is 12.5. The highest BCUT2D eigenvalue weighted by Gasteiger charge is 2.25. The van der Waals surface area contributed by atoms with Gasteiger partial charge in [-0.2, -0.15) is 0 Å². The minimum atomic E-state index is -0.0907. The van der Waals surface area contributed by atoms with Gasteiger partial charge in [0.1, 0.15) is 0 Å². The molecule has 4 nitrogen and oxygen atoms in total. The van der Waals surface area contributed by atoms with Crippen LogP contribution in [0.5, 0.6) is 0 Å². The lowest BCUT2D eigenvalue weighted by Crippen LogP contribution is -2.45. The van der Waals surface area contributed by atoms with Crippen molar-refractivity contribution in [1.29, 1.82) is 0 Å². The maximum atomic E-state index is 12.6. The molecule has 1 aliphatic carbocycles. The maximum absolute atomic E-state index is 12.6. The molecular weight excluding hydrogens is 288 g/mol. The number of amides is 2. The number of carbonyl (C=O) groups is 1. The van der Waals surface area contributed by atoms with Gasteiger partial charge in [-0.05, 0) is 25.0 Å². The first-order valence-electron chi connectivity index (χ1n) is 7.53. The number of nitrogens with one attached hydrogen (secondary N) is 1. The molecule has 0 radical (unpaired) electrons. The molecule has 0 aliphatic heterocycles. The molecular formula is C16H23ClN2O2. The molecule has 1 N–H and O–H groups in total. The second kappa shape index (κ2) is 8.25. The average molecular weight is 311 g/mol. The second-order valence-electron chi connectivity index (χ2n) is 5.39. The van der Waals surface area contributed by atoms with Gasteiger partial charge < -0.3 is 15.0 Å². The molecule has 116 valence electrons. The van der Waals surface area contributed by atoms with Gasteiger partial charge in [-0.15, -0.1) is 0 Å². The molecule has 1 aliphatic rings. The van der Waals surface area contributed by atoms with Crippen LogP contribution in [0.1, 0.15) is 32.1 Å². The fourth-order valence-corrected chi connectivity index (χ4v) is 2.96. The number of urea groups is 1. The summed E-state index contributed by atoms with van der Waals surface area (Å²) < 4.78 is 5.14. The predicted octanol–water partition coefficient (Wildman–Crippen LogP) is 4.15. The van der Waals surface area contributed by atoms with Crippen molar-refractivity contribution in [1.82, 2.24) is 4.90 Å². The first-order chi connectivity index (χ1) is 10.2. The Morgan fingerprint density at radius 1 is 1.33 bits per heavy atom. The van der Waals surface area contributed by atoms with E-state index < -0.39 is 0 Å². The van der Waals surface area contributed by atoms with Crippen molar-refractivity contribution in [3.05, 3.63) is 29.3 Å². The van der Waals surface area contributed by atoms with E-state index in [-0.39, 0.29) is 6.03 Å². The Kier molecular flexibility index (Phi) is 6.33. The molecule has 0 bridgehead atoms. The summed E-state index contributed by atoms with van der Waals surface area (Å²) in [4.78, 5) is 14.5. The lowest BCUT2D eigenvalue weighted by atomic mass is 9.94. The van der Waals surface area contributed by atoms with Crippen molar-refractivity contribution < 1.29 is 9.53 Å². The van der Waals surface area contributed by atoms with E-state index in [1.807, 2.05) is 23.1 Å². The average Bonchev–Trinajstić information content (AvgIpc) is 2.51. The van der Waals surface area contributed by atoms with E-state index in [9.17, 15) is 4.79 Å². The van der Waals surface area contributed by atoms with Gasteiger partial charge in [-0.25, -0.2) is 4.79 Å². The summed E-state index contributed by atoms with van der Waals surface area (Å²) in [6.07, 6.45) is 5.78. The maximum Gasteiger partial charge on any atom is 0.322 e. The van der Waals surface area contributed by atoms with E-state index in [0.717, 1.165) is 12.8 Å². The summed E-state index contributed by atoms with van der Waals surface area (Å²) in [5.41, 5.74) is 0.655. The van der Waals surface area contributed by atoms with E-state index in [2.05, 4.69) is 5.32 Å². The smallest absolute Gasteiger partial charge is 0.322 e. The number of para-hydroxylation sites is 1.